The minimum Gasteiger partial charge on any atom is -0.336 e. The first-order chi connectivity index (χ1) is 12.5. The van der Waals surface area contributed by atoms with E-state index >= 15 is 0 Å². The normalized spacial score (nSPS) is 17.6. The summed E-state index contributed by atoms with van der Waals surface area (Å²) < 4.78 is 2.53. The molecule has 0 saturated carbocycles. The number of aromatic nitrogens is 2. The number of rotatable bonds is 2. The third-order valence-corrected chi connectivity index (χ3v) is 6.14. The molecule has 1 aliphatic rings. The fraction of sp³-hybridized carbons (Fsp3) is 0.278. The van der Waals surface area contributed by atoms with Crippen LogP contribution in [0.4, 0.5) is 0 Å². The van der Waals surface area contributed by atoms with Crippen molar-refractivity contribution in [2.45, 2.75) is 18.9 Å². The molecule has 1 aromatic carbocycles. The number of para-hydroxylation sites is 1. The van der Waals surface area contributed by atoms with E-state index in [2.05, 4.69) is 4.98 Å². The van der Waals surface area contributed by atoms with Gasteiger partial charge in [-0.25, -0.2) is 4.98 Å². The standard InChI is InChI=1S/C18H15Cl2N3O2S/c19-15-8-13(16(20)26-15)17(24)22-7-3-4-11(9-22)23-10-21-14-6-2-1-5-12(14)18(23)25/h1-2,5-6,8,10-11H,3-4,7,9H2/t11-/m0/s1. The SMILES string of the molecule is O=C(c1cc(Cl)sc1Cl)N1CCC[C@H](n2cnc3ccccc3c2=O)C1. The number of nitrogens with zero attached hydrogens (tertiary/aromatic N) is 3. The highest BCUT2D eigenvalue weighted by Crippen LogP contribution is 2.33. The highest BCUT2D eigenvalue weighted by atomic mass is 35.5. The molecule has 1 saturated heterocycles. The van der Waals surface area contributed by atoms with Gasteiger partial charge in [-0.05, 0) is 31.0 Å². The van der Waals surface area contributed by atoms with Crippen molar-refractivity contribution in [1.82, 2.24) is 14.5 Å². The van der Waals surface area contributed by atoms with Gasteiger partial charge < -0.3 is 4.90 Å². The number of carbonyl (C=O) groups excluding carboxylic acids is 1. The van der Waals surface area contributed by atoms with E-state index in [1.807, 2.05) is 18.2 Å². The molecule has 3 heterocycles. The zero-order chi connectivity index (χ0) is 18.3. The number of piperidine rings is 1. The summed E-state index contributed by atoms with van der Waals surface area (Å²) in [5.74, 6) is -0.148. The molecule has 0 spiro atoms. The van der Waals surface area contributed by atoms with E-state index < -0.39 is 0 Å². The van der Waals surface area contributed by atoms with Crippen LogP contribution in [0.15, 0.2) is 41.5 Å². The molecule has 0 aliphatic carbocycles. The van der Waals surface area contributed by atoms with E-state index in [9.17, 15) is 9.59 Å². The van der Waals surface area contributed by atoms with E-state index in [1.165, 1.54) is 11.3 Å². The molecule has 0 N–H and O–H groups in total. The first kappa shape index (κ1) is 17.5. The predicted octanol–water partition coefficient (Wildman–Crippen LogP) is 4.24. The molecular weight excluding hydrogens is 393 g/mol. The number of halogens is 2. The van der Waals surface area contributed by atoms with Gasteiger partial charge in [0.15, 0.2) is 0 Å². The van der Waals surface area contributed by atoms with Crippen LogP contribution in [0.1, 0.15) is 29.2 Å². The van der Waals surface area contributed by atoms with Crippen LogP contribution in [0.25, 0.3) is 10.9 Å². The molecule has 26 heavy (non-hydrogen) atoms. The molecule has 0 unspecified atom stereocenters. The lowest BCUT2D eigenvalue weighted by Crippen LogP contribution is -2.42. The summed E-state index contributed by atoms with van der Waals surface area (Å²) >= 11 is 13.3. The zero-order valence-electron chi connectivity index (χ0n) is 13.7. The van der Waals surface area contributed by atoms with Crippen LogP contribution in [-0.4, -0.2) is 33.4 Å². The maximum atomic E-state index is 12.8. The number of hydrogen-bond donors (Lipinski definition) is 0. The zero-order valence-corrected chi connectivity index (χ0v) is 16.0. The molecule has 0 radical (unpaired) electrons. The van der Waals surface area contributed by atoms with Crippen molar-refractivity contribution in [3.05, 3.63) is 61.2 Å². The minimum atomic E-state index is -0.148. The Bertz CT molecular complexity index is 1050. The number of likely N-dealkylation sites (tertiary alicyclic amines) is 1. The summed E-state index contributed by atoms with van der Waals surface area (Å²) in [6, 6.07) is 8.78. The van der Waals surface area contributed by atoms with Crippen molar-refractivity contribution in [2.24, 2.45) is 0 Å². The Labute approximate surface area is 163 Å². The van der Waals surface area contributed by atoms with Gasteiger partial charge in [0.25, 0.3) is 11.5 Å². The molecule has 134 valence electrons. The van der Waals surface area contributed by atoms with E-state index in [1.54, 1.807) is 27.9 Å². The van der Waals surface area contributed by atoms with E-state index in [0.29, 0.717) is 38.2 Å². The predicted molar refractivity (Wildman–Crippen MR) is 105 cm³/mol. The number of carbonyl (C=O) groups is 1. The monoisotopic (exact) mass is 407 g/mol. The molecular formula is C18H15Cl2N3O2S. The van der Waals surface area contributed by atoms with Crippen LogP contribution in [0.5, 0.6) is 0 Å². The lowest BCUT2D eigenvalue weighted by Gasteiger charge is -2.33. The van der Waals surface area contributed by atoms with Gasteiger partial charge in [0.2, 0.25) is 0 Å². The van der Waals surface area contributed by atoms with Gasteiger partial charge in [-0.2, -0.15) is 0 Å². The minimum absolute atomic E-state index is 0.0773. The molecule has 0 bridgehead atoms. The van der Waals surface area contributed by atoms with Crippen LogP contribution in [0.2, 0.25) is 8.67 Å². The Hall–Kier alpha value is -1.89. The first-order valence-electron chi connectivity index (χ1n) is 8.24. The smallest absolute Gasteiger partial charge is 0.261 e. The lowest BCUT2D eigenvalue weighted by molar-refractivity contribution is 0.0678. The van der Waals surface area contributed by atoms with Gasteiger partial charge in [0.1, 0.15) is 4.34 Å². The second-order valence-electron chi connectivity index (χ2n) is 6.26. The molecule has 2 aromatic heterocycles. The molecule has 3 aromatic rings. The van der Waals surface area contributed by atoms with E-state index in [4.69, 9.17) is 23.2 Å². The second-order valence-corrected chi connectivity index (χ2v) is 8.54. The summed E-state index contributed by atoms with van der Waals surface area (Å²) in [6.07, 6.45) is 3.21. The maximum absolute atomic E-state index is 12.8. The van der Waals surface area contributed by atoms with Crippen LogP contribution >= 0.6 is 34.5 Å². The summed E-state index contributed by atoms with van der Waals surface area (Å²) in [4.78, 5) is 31.7. The molecule has 1 fully saturated rings. The summed E-state index contributed by atoms with van der Waals surface area (Å²) in [6.45, 7) is 1.08. The average Bonchev–Trinajstić information content (AvgIpc) is 3.00. The Morgan fingerprint density at radius 1 is 1.27 bits per heavy atom. The van der Waals surface area contributed by atoms with Crippen molar-refractivity contribution >= 4 is 51.3 Å². The highest BCUT2D eigenvalue weighted by molar-refractivity contribution is 7.20. The van der Waals surface area contributed by atoms with Crippen molar-refractivity contribution in [1.29, 1.82) is 0 Å². The number of amides is 1. The van der Waals surface area contributed by atoms with Crippen molar-refractivity contribution in [3.63, 3.8) is 0 Å². The van der Waals surface area contributed by atoms with Gasteiger partial charge in [0, 0.05) is 13.1 Å². The van der Waals surface area contributed by atoms with Crippen molar-refractivity contribution in [2.75, 3.05) is 13.1 Å². The Kier molecular flexibility index (Phi) is 4.73. The molecule has 4 rings (SSSR count). The number of benzene rings is 1. The molecule has 1 amide bonds. The van der Waals surface area contributed by atoms with Gasteiger partial charge >= 0.3 is 0 Å². The number of fused-ring (bicyclic) bond motifs is 1. The van der Waals surface area contributed by atoms with Gasteiger partial charge in [-0.1, -0.05) is 35.3 Å². The third kappa shape index (κ3) is 3.13. The molecule has 8 heteroatoms. The third-order valence-electron chi connectivity index (χ3n) is 4.65. The second kappa shape index (κ2) is 7.02. The van der Waals surface area contributed by atoms with Crippen LogP contribution in [-0.2, 0) is 0 Å². The Morgan fingerprint density at radius 3 is 2.85 bits per heavy atom. The highest BCUT2D eigenvalue weighted by Gasteiger charge is 2.28. The maximum Gasteiger partial charge on any atom is 0.261 e. The van der Waals surface area contributed by atoms with Gasteiger partial charge in [0.05, 0.1) is 33.2 Å². The van der Waals surface area contributed by atoms with Gasteiger partial charge in [-0.15, -0.1) is 11.3 Å². The van der Waals surface area contributed by atoms with Crippen molar-refractivity contribution < 1.29 is 4.79 Å². The molecule has 5 nitrogen and oxygen atoms in total. The number of thiophene rings is 1. The number of hydrogen-bond acceptors (Lipinski definition) is 4. The summed E-state index contributed by atoms with van der Waals surface area (Å²) in [7, 11) is 0. The summed E-state index contributed by atoms with van der Waals surface area (Å²) in [5, 5.41) is 0.589. The first-order valence-corrected chi connectivity index (χ1v) is 9.82. The molecule has 1 atom stereocenters. The quantitative estimate of drug-likeness (QED) is 0.637. The average molecular weight is 408 g/mol. The van der Waals surface area contributed by atoms with Crippen LogP contribution in [0, 0.1) is 0 Å². The fourth-order valence-electron chi connectivity index (χ4n) is 3.37. The van der Waals surface area contributed by atoms with Gasteiger partial charge in [-0.3, -0.25) is 14.2 Å². The Morgan fingerprint density at radius 2 is 2.08 bits per heavy atom. The largest absolute Gasteiger partial charge is 0.336 e. The lowest BCUT2D eigenvalue weighted by atomic mass is 10.0. The summed E-state index contributed by atoms with van der Waals surface area (Å²) in [5.41, 5.74) is 1.02. The van der Waals surface area contributed by atoms with E-state index in [-0.39, 0.29) is 17.5 Å². The Balaban J connectivity index is 1.63. The van der Waals surface area contributed by atoms with E-state index in [0.717, 1.165) is 12.8 Å². The van der Waals surface area contributed by atoms with Crippen LogP contribution in [0.3, 0.4) is 0 Å². The molecule has 1 aliphatic heterocycles. The van der Waals surface area contributed by atoms with Crippen LogP contribution < -0.4 is 5.56 Å². The van der Waals surface area contributed by atoms with Crippen molar-refractivity contribution in [3.8, 4) is 0 Å². The fourth-order valence-corrected chi connectivity index (χ4v) is 4.81. The topological polar surface area (TPSA) is 55.2 Å².